The van der Waals surface area contributed by atoms with Crippen molar-refractivity contribution < 1.29 is 4.79 Å². The van der Waals surface area contributed by atoms with E-state index < -0.39 is 0 Å². The van der Waals surface area contributed by atoms with Crippen LogP contribution in [-0.2, 0) is 11.2 Å². The summed E-state index contributed by atoms with van der Waals surface area (Å²) in [5.74, 6) is 0.625. The number of aryl methyl sites for hydroxylation is 2. The van der Waals surface area contributed by atoms with Crippen LogP contribution in [0.4, 0.5) is 0 Å². The van der Waals surface area contributed by atoms with E-state index in [9.17, 15) is 4.79 Å². The molecule has 0 spiro atoms. The van der Waals surface area contributed by atoms with E-state index in [1.807, 2.05) is 13.8 Å². The van der Waals surface area contributed by atoms with Crippen LogP contribution in [0.1, 0.15) is 61.5 Å². The van der Waals surface area contributed by atoms with Gasteiger partial charge in [0.2, 0.25) is 5.91 Å². The van der Waals surface area contributed by atoms with Gasteiger partial charge in [-0.1, -0.05) is 20.3 Å². The van der Waals surface area contributed by atoms with E-state index in [0.717, 1.165) is 37.1 Å². The number of carbonyl (C=O) groups excluding carboxylic acids is 1. The van der Waals surface area contributed by atoms with Gasteiger partial charge in [0.05, 0.1) is 16.8 Å². The molecule has 2 rings (SSSR count). The summed E-state index contributed by atoms with van der Waals surface area (Å²) in [6.45, 7) is 8.36. The third kappa shape index (κ3) is 2.56. The van der Waals surface area contributed by atoms with Gasteiger partial charge in [-0.05, 0) is 50.2 Å². The van der Waals surface area contributed by atoms with E-state index in [-0.39, 0.29) is 11.3 Å². The van der Waals surface area contributed by atoms with Crippen molar-refractivity contribution in [3.63, 3.8) is 0 Å². The quantitative estimate of drug-likeness (QED) is 0.857. The van der Waals surface area contributed by atoms with Crippen LogP contribution in [0.5, 0.6) is 0 Å². The summed E-state index contributed by atoms with van der Waals surface area (Å²) in [6, 6.07) is 0. The minimum Gasteiger partial charge on any atom is -0.359 e. The Labute approximate surface area is 121 Å². The normalized spacial score (nSPS) is 26.4. The van der Waals surface area contributed by atoms with Crippen molar-refractivity contribution in [1.82, 2.24) is 15.5 Å². The molecule has 110 valence electrons. The Kier molecular flexibility index (Phi) is 4.11. The van der Waals surface area contributed by atoms with Gasteiger partial charge in [-0.15, -0.1) is 0 Å². The molecule has 1 aromatic heterocycles. The fourth-order valence-electron chi connectivity index (χ4n) is 3.47. The standard InChI is InChI=1S/C16H25N3O/c1-10-7-6-8-16(4,15(20)17-5)9-13-11(2)18-19-12(3)14(10)13/h10H,6-9H2,1-5H3,(H,17,20)/t10-,16+/m1/s1. The Morgan fingerprint density at radius 3 is 2.60 bits per heavy atom. The van der Waals surface area contributed by atoms with Gasteiger partial charge in [-0.25, -0.2) is 0 Å². The minimum absolute atomic E-state index is 0.131. The van der Waals surface area contributed by atoms with Crippen molar-refractivity contribution in [3.05, 3.63) is 22.5 Å². The van der Waals surface area contributed by atoms with Gasteiger partial charge in [0.25, 0.3) is 0 Å². The number of nitrogens with zero attached hydrogens (tertiary/aromatic N) is 2. The van der Waals surface area contributed by atoms with Crippen LogP contribution >= 0.6 is 0 Å². The molecule has 0 aromatic carbocycles. The molecule has 2 atom stereocenters. The highest BCUT2D eigenvalue weighted by atomic mass is 16.2. The average molecular weight is 275 g/mol. The maximum Gasteiger partial charge on any atom is 0.226 e. The van der Waals surface area contributed by atoms with Gasteiger partial charge in [-0.2, -0.15) is 10.2 Å². The number of aromatic nitrogens is 2. The van der Waals surface area contributed by atoms with E-state index in [0.29, 0.717) is 5.92 Å². The third-order valence-corrected chi connectivity index (χ3v) is 4.70. The lowest BCUT2D eigenvalue weighted by Gasteiger charge is -2.33. The van der Waals surface area contributed by atoms with Crippen LogP contribution in [-0.4, -0.2) is 23.2 Å². The number of rotatable bonds is 1. The molecule has 1 aliphatic carbocycles. The molecule has 0 unspecified atom stereocenters. The summed E-state index contributed by atoms with van der Waals surface area (Å²) >= 11 is 0. The second-order valence-corrected chi connectivity index (χ2v) is 6.37. The van der Waals surface area contributed by atoms with Gasteiger partial charge in [0.15, 0.2) is 0 Å². The Bertz CT molecular complexity index is 527. The van der Waals surface area contributed by atoms with Gasteiger partial charge >= 0.3 is 0 Å². The number of amides is 1. The van der Waals surface area contributed by atoms with E-state index in [4.69, 9.17) is 0 Å². The Balaban J connectivity index is 2.54. The van der Waals surface area contributed by atoms with Crippen LogP contribution in [0, 0.1) is 19.3 Å². The molecular weight excluding hydrogens is 250 g/mol. The molecule has 1 aromatic rings. The molecule has 0 saturated heterocycles. The van der Waals surface area contributed by atoms with E-state index in [1.54, 1.807) is 7.05 Å². The highest BCUT2D eigenvalue weighted by molar-refractivity contribution is 5.82. The smallest absolute Gasteiger partial charge is 0.226 e. The van der Waals surface area contributed by atoms with Crippen LogP contribution in [0.2, 0.25) is 0 Å². The summed E-state index contributed by atoms with van der Waals surface area (Å²) in [6.07, 6.45) is 3.86. The molecule has 1 heterocycles. The van der Waals surface area contributed by atoms with Crippen LogP contribution in [0.25, 0.3) is 0 Å². The number of fused-ring (bicyclic) bond motifs is 1. The van der Waals surface area contributed by atoms with Crippen LogP contribution < -0.4 is 5.32 Å². The first-order valence-corrected chi connectivity index (χ1v) is 7.44. The fourth-order valence-corrected chi connectivity index (χ4v) is 3.47. The van der Waals surface area contributed by atoms with Crippen molar-refractivity contribution in [2.24, 2.45) is 5.41 Å². The number of nitrogens with one attached hydrogen (secondary N) is 1. The highest BCUT2D eigenvalue weighted by Crippen LogP contribution is 2.39. The van der Waals surface area contributed by atoms with Crippen molar-refractivity contribution in [2.75, 3.05) is 7.05 Å². The maximum atomic E-state index is 12.3. The van der Waals surface area contributed by atoms with Gasteiger partial charge in [0, 0.05) is 7.05 Å². The number of hydrogen-bond acceptors (Lipinski definition) is 3. The molecule has 20 heavy (non-hydrogen) atoms. The van der Waals surface area contributed by atoms with Crippen LogP contribution in [0.15, 0.2) is 0 Å². The van der Waals surface area contributed by atoms with Crippen LogP contribution in [0.3, 0.4) is 0 Å². The van der Waals surface area contributed by atoms with Crippen molar-refractivity contribution >= 4 is 5.91 Å². The van der Waals surface area contributed by atoms with Gasteiger partial charge in [0.1, 0.15) is 0 Å². The lowest BCUT2D eigenvalue weighted by molar-refractivity contribution is -0.130. The SMILES string of the molecule is CNC(=O)[C@@]1(C)CCC[C@@H](C)c2c(C)nnc(C)c2C1. The monoisotopic (exact) mass is 275 g/mol. The first kappa shape index (κ1) is 14.9. The Morgan fingerprint density at radius 2 is 1.95 bits per heavy atom. The summed E-state index contributed by atoms with van der Waals surface area (Å²) in [4.78, 5) is 12.3. The Morgan fingerprint density at radius 1 is 1.30 bits per heavy atom. The molecule has 0 radical (unpaired) electrons. The summed E-state index contributed by atoms with van der Waals surface area (Å²) in [7, 11) is 1.72. The molecule has 1 amide bonds. The molecule has 1 aliphatic rings. The van der Waals surface area contributed by atoms with E-state index in [1.165, 1.54) is 11.1 Å². The summed E-state index contributed by atoms with van der Waals surface area (Å²) < 4.78 is 0. The largest absolute Gasteiger partial charge is 0.359 e. The van der Waals surface area contributed by atoms with Crippen molar-refractivity contribution in [3.8, 4) is 0 Å². The molecule has 4 nitrogen and oxygen atoms in total. The van der Waals surface area contributed by atoms with E-state index >= 15 is 0 Å². The average Bonchev–Trinajstić information content (AvgIpc) is 2.40. The highest BCUT2D eigenvalue weighted by Gasteiger charge is 2.36. The zero-order chi connectivity index (χ0) is 14.9. The molecule has 0 bridgehead atoms. The molecular formula is C16H25N3O. The molecule has 0 aliphatic heterocycles. The maximum absolute atomic E-state index is 12.3. The zero-order valence-electron chi connectivity index (χ0n) is 13.2. The summed E-state index contributed by atoms with van der Waals surface area (Å²) in [5.41, 5.74) is 4.18. The molecule has 0 saturated carbocycles. The Hall–Kier alpha value is -1.45. The van der Waals surface area contributed by atoms with Crippen molar-refractivity contribution in [1.29, 1.82) is 0 Å². The minimum atomic E-state index is -0.343. The molecule has 1 N–H and O–H groups in total. The number of hydrogen-bond donors (Lipinski definition) is 1. The molecule has 4 heteroatoms. The first-order valence-electron chi connectivity index (χ1n) is 7.44. The zero-order valence-corrected chi connectivity index (χ0v) is 13.2. The van der Waals surface area contributed by atoms with E-state index in [2.05, 4.69) is 29.4 Å². The predicted octanol–water partition coefficient (Wildman–Crippen LogP) is 2.68. The summed E-state index contributed by atoms with van der Waals surface area (Å²) in [5, 5.41) is 11.4. The second kappa shape index (κ2) is 5.51. The first-order chi connectivity index (χ1) is 9.39. The topological polar surface area (TPSA) is 54.9 Å². The van der Waals surface area contributed by atoms with Gasteiger partial charge < -0.3 is 5.32 Å². The number of carbonyl (C=O) groups is 1. The van der Waals surface area contributed by atoms with Gasteiger partial charge in [-0.3, -0.25) is 4.79 Å². The second-order valence-electron chi connectivity index (χ2n) is 6.37. The van der Waals surface area contributed by atoms with Crippen molar-refractivity contribution in [2.45, 2.75) is 59.3 Å². The third-order valence-electron chi connectivity index (χ3n) is 4.70. The molecule has 0 fully saturated rings. The predicted molar refractivity (Wildman–Crippen MR) is 79.6 cm³/mol. The fraction of sp³-hybridized carbons (Fsp3) is 0.688. The lowest BCUT2D eigenvalue weighted by atomic mass is 9.72. The lowest BCUT2D eigenvalue weighted by Crippen LogP contribution is -2.40.